The minimum Gasteiger partial charge on any atom is -0.349 e. The first kappa shape index (κ1) is 6.56. The number of hydrogen-bond acceptors (Lipinski definition) is 0. The summed E-state index contributed by atoms with van der Waals surface area (Å²) in [6, 6.07) is 0.410. The molecule has 0 amide bonds. The van der Waals surface area contributed by atoms with E-state index in [0.29, 0.717) is 12.0 Å². The topological polar surface area (TPSA) is 27.6 Å². The first-order valence-electron chi connectivity index (χ1n) is 3.52. The standard InChI is InChI=1S/C8H13N/c1-2-7-3-5-8(9)6-4-7/h3-8H,2,9H2,1H3/p+1. The van der Waals surface area contributed by atoms with Crippen molar-refractivity contribution >= 4 is 0 Å². The molecule has 0 aromatic rings. The summed E-state index contributed by atoms with van der Waals surface area (Å²) in [6.07, 6.45) is 10.00. The van der Waals surface area contributed by atoms with Gasteiger partial charge in [0.25, 0.3) is 0 Å². The molecular formula is C8H14N+. The van der Waals surface area contributed by atoms with Crippen LogP contribution in [0.25, 0.3) is 0 Å². The molecule has 0 bridgehead atoms. The monoisotopic (exact) mass is 124 g/mol. The molecule has 0 radical (unpaired) electrons. The lowest BCUT2D eigenvalue weighted by atomic mass is 9.99. The Labute approximate surface area is 56.2 Å². The molecule has 0 aromatic carbocycles. The van der Waals surface area contributed by atoms with Crippen molar-refractivity contribution in [3.8, 4) is 0 Å². The van der Waals surface area contributed by atoms with Gasteiger partial charge in [-0.1, -0.05) is 19.1 Å². The van der Waals surface area contributed by atoms with E-state index in [4.69, 9.17) is 0 Å². The maximum atomic E-state index is 3.89. The average molecular weight is 124 g/mol. The molecule has 0 aromatic heterocycles. The molecule has 1 heteroatoms. The lowest BCUT2D eigenvalue weighted by Crippen LogP contribution is -2.59. The Bertz CT molecular complexity index is 122. The smallest absolute Gasteiger partial charge is 0.122 e. The molecule has 1 rings (SSSR count). The van der Waals surface area contributed by atoms with Crippen molar-refractivity contribution in [2.45, 2.75) is 19.4 Å². The van der Waals surface area contributed by atoms with E-state index in [2.05, 4.69) is 37.0 Å². The van der Waals surface area contributed by atoms with E-state index >= 15 is 0 Å². The minimum absolute atomic E-state index is 0.410. The Hall–Kier alpha value is -0.560. The molecule has 0 saturated heterocycles. The average Bonchev–Trinajstić information content (AvgIpc) is 1.90. The molecule has 0 saturated carbocycles. The van der Waals surface area contributed by atoms with Gasteiger partial charge in [-0.25, -0.2) is 0 Å². The van der Waals surface area contributed by atoms with Gasteiger partial charge in [0, 0.05) is 0 Å². The molecule has 9 heavy (non-hydrogen) atoms. The van der Waals surface area contributed by atoms with E-state index in [1.165, 1.54) is 6.42 Å². The molecule has 0 aliphatic heterocycles. The minimum atomic E-state index is 0.410. The van der Waals surface area contributed by atoms with Gasteiger partial charge in [0.1, 0.15) is 6.04 Å². The van der Waals surface area contributed by atoms with Crippen LogP contribution in [-0.4, -0.2) is 6.04 Å². The summed E-state index contributed by atoms with van der Waals surface area (Å²) in [5, 5.41) is 0. The zero-order valence-electron chi connectivity index (χ0n) is 5.88. The van der Waals surface area contributed by atoms with Gasteiger partial charge in [-0.15, -0.1) is 0 Å². The van der Waals surface area contributed by atoms with Gasteiger partial charge >= 0.3 is 0 Å². The summed E-state index contributed by atoms with van der Waals surface area (Å²) in [6.45, 7) is 2.20. The van der Waals surface area contributed by atoms with Crippen molar-refractivity contribution < 1.29 is 5.73 Å². The SMILES string of the molecule is CCC1C=CC([NH3+])C=C1. The van der Waals surface area contributed by atoms with Crippen molar-refractivity contribution in [3.63, 3.8) is 0 Å². The highest BCUT2D eigenvalue weighted by Gasteiger charge is 2.04. The first-order valence-corrected chi connectivity index (χ1v) is 3.52. The maximum absolute atomic E-state index is 3.89. The molecule has 0 spiro atoms. The van der Waals surface area contributed by atoms with Gasteiger partial charge in [0.15, 0.2) is 0 Å². The Morgan fingerprint density at radius 2 is 1.78 bits per heavy atom. The van der Waals surface area contributed by atoms with Crippen molar-refractivity contribution in [1.29, 1.82) is 0 Å². The van der Waals surface area contributed by atoms with Crippen LogP contribution >= 0.6 is 0 Å². The molecule has 0 atom stereocenters. The Balaban J connectivity index is 2.48. The van der Waals surface area contributed by atoms with Crippen molar-refractivity contribution in [3.05, 3.63) is 24.3 Å². The van der Waals surface area contributed by atoms with Gasteiger partial charge in [-0.05, 0) is 24.5 Å². The van der Waals surface area contributed by atoms with Gasteiger partial charge in [0.05, 0.1) is 0 Å². The normalized spacial score (nSPS) is 33.1. The largest absolute Gasteiger partial charge is 0.349 e. The second-order valence-corrected chi connectivity index (χ2v) is 2.51. The van der Waals surface area contributed by atoms with Crippen LogP contribution in [0.5, 0.6) is 0 Å². The summed E-state index contributed by atoms with van der Waals surface area (Å²) < 4.78 is 0. The summed E-state index contributed by atoms with van der Waals surface area (Å²) in [7, 11) is 0. The third kappa shape index (κ3) is 1.68. The Morgan fingerprint density at radius 3 is 2.22 bits per heavy atom. The van der Waals surface area contributed by atoms with E-state index in [0.717, 1.165) is 0 Å². The van der Waals surface area contributed by atoms with Crippen LogP contribution in [0.2, 0.25) is 0 Å². The summed E-state index contributed by atoms with van der Waals surface area (Å²) in [4.78, 5) is 0. The number of allylic oxidation sites excluding steroid dienone is 2. The zero-order chi connectivity index (χ0) is 6.69. The molecular weight excluding hydrogens is 110 g/mol. The Morgan fingerprint density at radius 1 is 1.22 bits per heavy atom. The predicted molar refractivity (Wildman–Crippen MR) is 38.7 cm³/mol. The fraction of sp³-hybridized carbons (Fsp3) is 0.500. The first-order chi connectivity index (χ1) is 4.33. The van der Waals surface area contributed by atoms with Crippen LogP contribution < -0.4 is 5.73 Å². The summed E-state index contributed by atoms with van der Waals surface area (Å²) in [5.41, 5.74) is 3.89. The second kappa shape index (κ2) is 2.83. The molecule has 0 fully saturated rings. The summed E-state index contributed by atoms with van der Waals surface area (Å²) in [5.74, 6) is 0.669. The molecule has 1 aliphatic rings. The second-order valence-electron chi connectivity index (χ2n) is 2.51. The molecule has 3 N–H and O–H groups in total. The molecule has 1 aliphatic carbocycles. The van der Waals surface area contributed by atoms with Crippen molar-refractivity contribution in [2.75, 3.05) is 0 Å². The van der Waals surface area contributed by atoms with E-state index in [-0.39, 0.29) is 0 Å². The zero-order valence-corrected chi connectivity index (χ0v) is 5.88. The predicted octanol–water partition coefficient (Wildman–Crippen LogP) is 0.749. The van der Waals surface area contributed by atoms with Crippen molar-refractivity contribution in [2.24, 2.45) is 5.92 Å². The van der Waals surface area contributed by atoms with E-state index in [1.807, 2.05) is 0 Å². The summed E-state index contributed by atoms with van der Waals surface area (Å²) >= 11 is 0. The van der Waals surface area contributed by atoms with Gasteiger partial charge in [-0.2, -0.15) is 0 Å². The highest BCUT2D eigenvalue weighted by Crippen LogP contribution is 2.10. The fourth-order valence-electron chi connectivity index (χ4n) is 0.971. The van der Waals surface area contributed by atoms with Gasteiger partial charge in [-0.3, -0.25) is 0 Å². The van der Waals surface area contributed by atoms with Crippen LogP contribution in [0.4, 0.5) is 0 Å². The number of quaternary nitrogens is 1. The highest BCUT2D eigenvalue weighted by molar-refractivity contribution is 5.13. The third-order valence-electron chi connectivity index (χ3n) is 1.68. The van der Waals surface area contributed by atoms with Crippen LogP contribution in [0.3, 0.4) is 0 Å². The fourth-order valence-corrected chi connectivity index (χ4v) is 0.971. The molecule has 1 nitrogen and oxygen atoms in total. The van der Waals surface area contributed by atoms with Crippen LogP contribution in [0.1, 0.15) is 13.3 Å². The highest BCUT2D eigenvalue weighted by atomic mass is 14.6. The van der Waals surface area contributed by atoms with Crippen LogP contribution in [0.15, 0.2) is 24.3 Å². The third-order valence-corrected chi connectivity index (χ3v) is 1.68. The van der Waals surface area contributed by atoms with Crippen molar-refractivity contribution in [1.82, 2.24) is 0 Å². The van der Waals surface area contributed by atoms with E-state index < -0.39 is 0 Å². The lowest BCUT2D eigenvalue weighted by Gasteiger charge is -2.08. The van der Waals surface area contributed by atoms with E-state index in [1.54, 1.807) is 0 Å². The lowest BCUT2D eigenvalue weighted by molar-refractivity contribution is -0.387. The maximum Gasteiger partial charge on any atom is 0.122 e. The number of hydrogen-bond donors (Lipinski definition) is 1. The van der Waals surface area contributed by atoms with Crippen LogP contribution in [0, 0.1) is 5.92 Å². The van der Waals surface area contributed by atoms with Gasteiger partial charge < -0.3 is 5.73 Å². The Kier molecular flexibility index (Phi) is 2.06. The van der Waals surface area contributed by atoms with E-state index in [9.17, 15) is 0 Å². The van der Waals surface area contributed by atoms with Crippen LogP contribution in [-0.2, 0) is 0 Å². The quantitative estimate of drug-likeness (QED) is 0.500. The molecule has 0 unspecified atom stereocenters. The molecule has 50 valence electrons. The van der Waals surface area contributed by atoms with Gasteiger partial charge in [0.2, 0.25) is 0 Å². The number of rotatable bonds is 1. The molecule has 0 heterocycles.